The summed E-state index contributed by atoms with van der Waals surface area (Å²) in [5, 5.41) is 0.607. The molecule has 0 amide bonds. The average molecular weight is 345 g/mol. The van der Waals surface area contributed by atoms with Crippen molar-refractivity contribution in [2.75, 3.05) is 19.7 Å². The van der Waals surface area contributed by atoms with Crippen LogP contribution in [0.3, 0.4) is 0 Å². The highest BCUT2D eigenvalue weighted by Crippen LogP contribution is 2.29. The molecule has 22 heavy (non-hydrogen) atoms. The quantitative estimate of drug-likeness (QED) is 0.913. The molecule has 122 valence electrons. The molecule has 1 unspecified atom stereocenters. The second-order valence-electron chi connectivity index (χ2n) is 5.84. The van der Waals surface area contributed by atoms with Crippen molar-refractivity contribution in [2.45, 2.75) is 37.8 Å². The lowest BCUT2D eigenvalue weighted by molar-refractivity contribution is -0.00296. The fraction of sp³-hybridized carbons (Fsp3) is 0.600. The van der Waals surface area contributed by atoms with E-state index in [9.17, 15) is 8.42 Å². The molecule has 1 heterocycles. The number of halogens is 1. The maximum atomic E-state index is 12.5. The number of nitrogens with one attached hydrogen (secondary N) is 1. The molecular weight excluding hydrogens is 324 g/mol. The van der Waals surface area contributed by atoms with E-state index in [-0.39, 0.29) is 12.1 Å². The number of morpholine rings is 1. The summed E-state index contributed by atoms with van der Waals surface area (Å²) in [6.45, 7) is 1.05. The topological polar surface area (TPSA) is 58.6 Å². The number of benzene rings is 1. The van der Waals surface area contributed by atoms with Crippen molar-refractivity contribution in [1.29, 1.82) is 0 Å². The maximum Gasteiger partial charge on any atom is 0.279 e. The largest absolute Gasteiger partial charge is 0.371 e. The molecule has 1 N–H and O–H groups in total. The Hall–Kier alpha value is -0.660. The Morgan fingerprint density at radius 1 is 1.23 bits per heavy atom. The second kappa shape index (κ2) is 6.84. The fourth-order valence-electron chi connectivity index (χ4n) is 3.10. The summed E-state index contributed by atoms with van der Waals surface area (Å²) in [7, 11) is -3.46. The second-order valence-corrected chi connectivity index (χ2v) is 7.95. The number of rotatable bonds is 4. The van der Waals surface area contributed by atoms with Crippen molar-refractivity contribution in [3.8, 4) is 0 Å². The zero-order chi connectivity index (χ0) is 15.6. The number of hydrogen-bond donors (Lipinski definition) is 1. The first-order valence-electron chi connectivity index (χ1n) is 7.70. The van der Waals surface area contributed by atoms with Gasteiger partial charge in [0.1, 0.15) is 0 Å². The highest BCUT2D eigenvalue weighted by atomic mass is 35.5. The van der Waals surface area contributed by atoms with Crippen LogP contribution in [0.1, 0.15) is 37.4 Å². The van der Waals surface area contributed by atoms with E-state index in [1.807, 2.05) is 18.2 Å². The Kier molecular flexibility index (Phi) is 5.04. The molecule has 0 radical (unpaired) electrons. The molecule has 7 heteroatoms. The molecule has 0 spiro atoms. The Morgan fingerprint density at radius 2 is 1.95 bits per heavy atom. The number of nitrogens with zero attached hydrogens (tertiary/aromatic N) is 1. The molecule has 1 saturated carbocycles. The van der Waals surface area contributed by atoms with Gasteiger partial charge >= 0.3 is 0 Å². The zero-order valence-corrected chi connectivity index (χ0v) is 13.9. The fourth-order valence-corrected chi connectivity index (χ4v) is 4.81. The van der Waals surface area contributed by atoms with Crippen LogP contribution in [0.15, 0.2) is 24.3 Å². The lowest BCUT2D eigenvalue weighted by Crippen LogP contribution is -2.49. The molecule has 1 aliphatic carbocycles. The zero-order valence-electron chi connectivity index (χ0n) is 12.4. The van der Waals surface area contributed by atoms with E-state index in [0.29, 0.717) is 24.7 Å². The van der Waals surface area contributed by atoms with Gasteiger partial charge in [0.25, 0.3) is 10.2 Å². The van der Waals surface area contributed by atoms with Crippen molar-refractivity contribution < 1.29 is 13.2 Å². The van der Waals surface area contributed by atoms with Gasteiger partial charge in [-0.2, -0.15) is 17.4 Å². The third kappa shape index (κ3) is 3.63. The minimum Gasteiger partial charge on any atom is -0.371 e. The van der Waals surface area contributed by atoms with Crippen molar-refractivity contribution in [3.05, 3.63) is 34.9 Å². The first-order valence-corrected chi connectivity index (χ1v) is 9.51. The summed E-state index contributed by atoms with van der Waals surface area (Å²) in [6.07, 6.45) is 3.73. The van der Waals surface area contributed by atoms with Gasteiger partial charge in [0.05, 0.1) is 12.7 Å². The SMILES string of the molecule is O=S(=O)(NC1CCCC1)N1CCOC(c2ccccc2Cl)C1. The summed E-state index contributed by atoms with van der Waals surface area (Å²) >= 11 is 6.19. The highest BCUT2D eigenvalue weighted by molar-refractivity contribution is 7.87. The maximum absolute atomic E-state index is 12.5. The number of ether oxygens (including phenoxy) is 1. The van der Waals surface area contributed by atoms with E-state index in [1.165, 1.54) is 4.31 Å². The van der Waals surface area contributed by atoms with Crippen LogP contribution in [0, 0.1) is 0 Å². The molecule has 1 aromatic carbocycles. The minimum absolute atomic E-state index is 0.0756. The van der Waals surface area contributed by atoms with Gasteiger partial charge in [-0.1, -0.05) is 42.6 Å². The van der Waals surface area contributed by atoms with Crippen molar-refractivity contribution in [1.82, 2.24) is 9.03 Å². The van der Waals surface area contributed by atoms with Gasteiger partial charge in [-0.25, -0.2) is 0 Å². The molecule has 3 rings (SSSR count). The van der Waals surface area contributed by atoms with Crippen molar-refractivity contribution in [3.63, 3.8) is 0 Å². The van der Waals surface area contributed by atoms with Crippen molar-refractivity contribution >= 4 is 21.8 Å². The van der Waals surface area contributed by atoms with Crippen LogP contribution >= 0.6 is 11.6 Å². The summed E-state index contributed by atoms with van der Waals surface area (Å²) in [4.78, 5) is 0. The van der Waals surface area contributed by atoms with E-state index < -0.39 is 10.2 Å². The van der Waals surface area contributed by atoms with Crippen molar-refractivity contribution in [2.24, 2.45) is 0 Å². The monoisotopic (exact) mass is 344 g/mol. The Morgan fingerprint density at radius 3 is 2.68 bits per heavy atom. The highest BCUT2D eigenvalue weighted by Gasteiger charge is 2.33. The van der Waals surface area contributed by atoms with Gasteiger partial charge in [0.2, 0.25) is 0 Å². The van der Waals surface area contributed by atoms with Crippen LogP contribution in [0.5, 0.6) is 0 Å². The molecule has 2 fully saturated rings. The lowest BCUT2D eigenvalue weighted by atomic mass is 10.1. The van der Waals surface area contributed by atoms with E-state index in [0.717, 1.165) is 31.2 Å². The molecule has 1 saturated heterocycles. The van der Waals surface area contributed by atoms with Gasteiger partial charge in [0.15, 0.2) is 0 Å². The lowest BCUT2D eigenvalue weighted by Gasteiger charge is -2.33. The molecule has 1 aromatic rings. The van der Waals surface area contributed by atoms with Crippen LogP contribution < -0.4 is 4.72 Å². The third-order valence-electron chi connectivity index (χ3n) is 4.29. The summed E-state index contributed by atoms with van der Waals surface area (Å²) in [6, 6.07) is 7.49. The number of hydrogen-bond acceptors (Lipinski definition) is 3. The molecule has 5 nitrogen and oxygen atoms in total. The smallest absolute Gasteiger partial charge is 0.279 e. The summed E-state index contributed by atoms with van der Waals surface area (Å²) < 4.78 is 35.1. The first-order chi connectivity index (χ1) is 10.6. The minimum atomic E-state index is -3.46. The average Bonchev–Trinajstić information content (AvgIpc) is 3.00. The first kappa shape index (κ1) is 16.2. The van der Waals surface area contributed by atoms with E-state index >= 15 is 0 Å². The van der Waals surface area contributed by atoms with Crippen LogP contribution in [0.2, 0.25) is 5.02 Å². The molecule has 0 bridgehead atoms. The van der Waals surface area contributed by atoms with Gasteiger partial charge < -0.3 is 4.74 Å². The van der Waals surface area contributed by atoms with E-state index in [2.05, 4.69) is 4.72 Å². The van der Waals surface area contributed by atoms with Gasteiger partial charge in [-0.15, -0.1) is 0 Å². The van der Waals surface area contributed by atoms with E-state index in [1.54, 1.807) is 6.07 Å². The molecule has 0 aromatic heterocycles. The Bertz CT molecular complexity index is 617. The summed E-state index contributed by atoms with van der Waals surface area (Å²) in [5.74, 6) is 0. The predicted molar refractivity (Wildman–Crippen MR) is 86.0 cm³/mol. The van der Waals surface area contributed by atoms with E-state index in [4.69, 9.17) is 16.3 Å². The molecule has 1 atom stereocenters. The predicted octanol–water partition coefficient (Wildman–Crippen LogP) is 2.49. The van der Waals surface area contributed by atoms with Crippen LogP contribution in [0.4, 0.5) is 0 Å². The molecular formula is C15H21ClN2O3S. The Balaban J connectivity index is 1.71. The van der Waals surface area contributed by atoms with Gasteiger partial charge in [-0.05, 0) is 18.9 Å². The third-order valence-corrected chi connectivity index (χ3v) is 6.28. The van der Waals surface area contributed by atoms with Crippen LogP contribution in [-0.4, -0.2) is 38.5 Å². The van der Waals surface area contributed by atoms with Gasteiger partial charge in [-0.3, -0.25) is 0 Å². The van der Waals surface area contributed by atoms with Crippen LogP contribution in [-0.2, 0) is 14.9 Å². The molecule has 2 aliphatic rings. The van der Waals surface area contributed by atoms with Gasteiger partial charge in [0, 0.05) is 29.7 Å². The Labute approximate surface area is 136 Å². The van der Waals surface area contributed by atoms with Crippen LogP contribution in [0.25, 0.3) is 0 Å². The summed E-state index contributed by atoms with van der Waals surface area (Å²) in [5.41, 5.74) is 0.838. The molecule has 1 aliphatic heterocycles. The normalized spacial score (nSPS) is 24.7. The standard InChI is InChI=1S/C15H21ClN2O3S/c16-14-8-4-3-7-13(14)15-11-18(9-10-21-15)22(19,20)17-12-5-1-2-6-12/h3-4,7-8,12,15,17H,1-2,5-6,9-11H2.